The Morgan fingerprint density at radius 1 is 1.06 bits per heavy atom. The van der Waals surface area contributed by atoms with Crippen LogP contribution < -0.4 is 0 Å². The van der Waals surface area contributed by atoms with E-state index in [1.807, 2.05) is 18.2 Å². The zero-order chi connectivity index (χ0) is 11.8. The van der Waals surface area contributed by atoms with Crippen LogP contribution >= 0.6 is 23.2 Å². The Labute approximate surface area is 107 Å². The smallest absolute Gasteiger partial charge is 0.224 e. The van der Waals surface area contributed by atoms with Crippen LogP contribution in [0.15, 0.2) is 36.7 Å². The summed E-state index contributed by atoms with van der Waals surface area (Å²) in [6, 6.07) is 7.41. The van der Waals surface area contributed by atoms with Crippen LogP contribution in [0.3, 0.4) is 0 Å². The largest absolute Gasteiger partial charge is 0.226 e. The van der Waals surface area contributed by atoms with Gasteiger partial charge < -0.3 is 0 Å². The molecule has 1 aromatic carbocycles. The standard InChI is InChI=1S/C11H6Cl2N4/c12-8-3-1-2-4-9(8)17-10-7(6-15-17)5-14-11(13)16-10/h1-6H. The van der Waals surface area contributed by atoms with Crippen molar-refractivity contribution in [3.8, 4) is 5.69 Å². The number of aromatic nitrogens is 4. The second kappa shape index (κ2) is 3.98. The Hall–Kier alpha value is -1.65. The lowest BCUT2D eigenvalue weighted by Gasteiger charge is -2.04. The number of fused-ring (bicyclic) bond motifs is 1. The molecule has 0 atom stereocenters. The maximum atomic E-state index is 6.12. The molecule has 0 aliphatic rings. The predicted octanol–water partition coefficient (Wildman–Crippen LogP) is 3.12. The van der Waals surface area contributed by atoms with Crippen molar-refractivity contribution in [3.05, 3.63) is 47.0 Å². The van der Waals surface area contributed by atoms with Crippen molar-refractivity contribution in [2.24, 2.45) is 0 Å². The number of para-hydroxylation sites is 1. The summed E-state index contributed by atoms with van der Waals surface area (Å²) in [5, 5.41) is 5.84. The fourth-order valence-electron chi connectivity index (χ4n) is 1.60. The topological polar surface area (TPSA) is 43.6 Å². The number of nitrogens with zero attached hydrogens (tertiary/aromatic N) is 4. The molecule has 2 aromatic heterocycles. The van der Waals surface area contributed by atoms with E-state index in [1.54, 1.807) is 23.1 Å². The van der Waals surface area contributed by atoms with Crippen molar-refractivity contribution < 1.29 is 0 Å². The molecular weight excluding hydrogens is 259 g/mol. The van der Waals surface area contributed by atoms with Crippen LogP contribution in [-0.4, -0.2) is 19.7 Å². The first-order chi connectivity index (χ1) is 8.25. The summed E-state index contributed by atoms with van der Waals surface area (Å²) in [6.07, 6.45) is 3.31. The van der Waals surface area contributed by atoms with E-state index >= 15 is 0 Å². The number of halogens is 2. The molecule has 0 aliphatic carbocycles. The monoisotopic (exact) mass is 264 g/mol. The lowest BCUT2D eigenvalue weighted by molar-refractivity contribution is 0.895. The van der Waals surface area contributed by atoms with E-state index in [4.69, 9.17) is 23.2 Å². The Balaban J connectivity index is 2.31. The minimum Gasteiger partial charge on any atom is -0.226 e. The van der Waals surface area contributed by atoms with Gasteiger partial charge in [0.1, 0.15) is 0 Å². The van der Waals surface area contributed by atoms with Gasteiger partial charge in [0.15, 0.2) is 5.65 Å². The van der Waals surface area contributed by atoms with Crippen LogP contribution in [0.25, 0.3) is 16.7 Å². The first-order valence-electron chi connectivity index (χ1n) is 4.87. The van der Waals surface area contributed by atoms with E-state index in [9.17, 15) is 0 Å². The first-order valence-corrected chi connectivity index (χ1v) is 5.62. The van der Waals surface area contributed by atoms with Crippen molar-refractivity contribution in [3.63, 3.8) is 0 Å². The van der Waals surface area contributed by atoms with Gasteiger partial charge in [0, 0.05) is 6.20 Å². The molecule has 0 radical (unpaired) electrons. The van der Waals surface area contributed by atoms with Gasteiger partial charge >= 0.3 is 0 Å². The second-order valence-electron chi connectivity index (χ2n) is 3.43. The molecule has 0 N–H and O–H groups in total. The average Bonchev–Trinajstić information content (AvgIpc) is 2.72. The van der Waals surface area contributed by atoms with E-state index < -0.39 is 0 Å². The molecule has 4 nitrogen and oxygen atoms in total. The van der Waals surface area contributed by atoms with Gasteiger partial charge in [0.2, 0.25) is 5.28 Å². The molecule has 0 saturated heterocycles. The second-order valence-corrected chi connectivity index (χ2v) is 4.17. The fraction of sp³-hybridized carbons (Fsp3) is 0. The number of rotatable bonds is 1. The van der Waals surface area contributed by atoms with Gasteiger partial charge in [-0.15, -0.1) is 0 Å². The third kappa shape index (κ3) is 1.75. The molecule has 0 spiro atoms. The van der Waals surface area contributed by atoms with Gasteiger partial charge in [0.25, 0.3) is 0 Å². The molecular formula is C11H6Cl2N4. The summed E-state index contributed by atoms with van der Waals surface area (Å²) in [5.41, 5.74) is 1.40. The molecule has 0 aliphatic heterocycles. The summed E-state index contributed by atoms with van der Waals surface area (Å²) in [4.78, 5) is 8.05. The molecule has 0 bridgehead atoms. The Bertz CT molecular complexity index is 693. The van der Waals surface area contributed by atoms with Crippen LogP contribution in [0.5, 0.6) is 0 Å². The summed E-state index contributed by atoms with van der Waals surface area (Å²) in [6.45, 7) is 0. The fourth-order valence-corrected chi connectivity index (χ4v) is 1.94. The SMILES string of the molecule is Clc1ncc2cnn(-c3ccccc3Cl)c2n1. The van der Waals surface area contributed by atoms with Crippen LogP contribution in [0.4, 0.5) is 0 Å². The normalized spacial score (nSPS) is 10.9. The van der Waals surface area contributed by atoms with Crippen LogP contribution in [0, 0.1) is 0 Å². The van der Waals surface area contributed by atoms with Gasteiger partial charge in [0.05, 0.1) is 22.3 Å². The average molecular weight is 265 g/mol. The maximum Gasteiger partial charge on any atom is 0.224 e. The quantitative estimate of drug-likeness (QED) is 0.635. The summed E-state index contributed by atoms with van der Waals surface area (Å²) in [5.74, 6) is 0. The Kier molecular flexibility index (Phi) is 2.46. The molecule has 0 amide bonds. The highest BCUT2D eigenvalue weighted by Crippen LogP contribution is 2.23. The Morgan fingerprint density at radius 2 is 1.88 bits per heavy atom. The molecule has 0 fully saturated rings. The lowest BCUT2D eigenvalue weighted by Crippen LogP contribution is -1.98. The van der Waals surface area contributed by atoms with E-state index in [2.05, 4.69) is 15.1 Å². The molecule has 6 heteroatoms. The molecule has 84 valence electrons. The van der Waals surface area contributed by atoms with Gasteiger partial charge in [-0.1, -0.05) is 23.7 Å². The molecule has 2 heterocycles. The third-order valence-electron chi connectivity index (χ3n) is 2.36. The van der Waals surface area contributed by atoms with Crippen molar-refractivity contribution in [1.29, 1.82) is 0 Å². The van der Waals surface area contributed by atoms with Gasteiger partial charge in [-0.25, -0.2) is 9.67 Å². The van der Waals surface area contributed by atoms with Crippen molar-refractivity contribution >= 4 is 34.2 Å². The van der Waals surface area contributed by atoms with Crippen molar-refractivity contribution in [2.75, 3.05) is 0 Å². The molecule has 0 saturated carbocycles. The van der Waals surface area contributed by atoms with Crippen molar-refractivity contribution in [1.82, 2.24) is 19.7 Å². The highest BCUT2D eigenvalue weighted by atomic mass is 35.5. The minimum atomic E-state index is 0.186. The van der Waals surface area contributed by atoms with Crippen LogP contribution in [0.1, 0.15) is 0 Å². The number of benzene rings is 1. The first kappa shape index (κ1) is 10.5. The zero-order valence-corrected chi connectivity index (χ0v) is 10.0. The molecule has 3 rings (SSSR count). The minimum absolute atomic E-state index is 0.186. The summed E-state index contributed by atoms with van der Waals surface area (Å²) < 4.78 is 1.64. The van der Waals surface area contributed by atoms with Gasteiger partial charge in [-0.3, -0.25) is 0 Å². The van der Waals surface area contributed by atoms with E-state index in [-0.39, 0.29) is 5.28 Å². The highest BCUT2D eigenvalue weighted by molar-refractivity contribution is 6.32. The third-order valence-corrected chi connectivity index (χ3v) is 2.86. The number of hydrogen-bond donors (Lipinski definition) is 0. The Morgan fingerprint density at radius 3 is 2.71 bits per heavy atom. The van der Waals surface area contributed by atoms with E-state index in [0.29, 0.717) is 10.7 Å². The van der Waals surface area contributed by atoms with Crippen LogP contribution in [-0.2, 0) is 0 Å². The zero-order valence-electron chi connectivity index (χ0n) is 8.51. The van der Waals surface area contributed by atoms with Gasteiger partial charge in [-0.2, -0.15) is 10.1 Å². The number of hydrogen-bond acceptors (Lipinski definition) is 3. The van der Waals surface area contributed by atoms with E-state index in [1.165, 1.54) is 0 Å². The summed E-state index contributed by atoms with van der Waals surface area (Å²) in [7, 11) is 0. The molecule has 0 unspecified atom stereocenters. The lowest BCUT2D eigenvalue weighted by atomic mass is 10.3. The predicted molar refractivity (Wildman–Crippen MR) is 66.7 cm³/mol. The van der Waals surface area contributed by atoms with E-state index in [0.717, 1.165) is 11.1 Å². The van der Waals surface area contributed by atoms with Crippen molar-refractivity contribution in [2.45, 2.75) is 0 Å². The summed E-state index contributed by atoms with van der Waals surface area (Å²) >= 11 is 11.9. The van der Waals surface area contributed by atoms with Crippen LogP contribution in [0.2, 0.25) is 10.3 Å². The molecule has 3 aromatic rings. The molecule has 17 heavy (non-hydrogen) atoms. The maximum absolute atomic E-state index is 6.12. The highest BCUT2D eigenvalue weighted by Gasteiger charge is 2.09. The van der Waals surface area contributed by atoms with Gasteiger partial charge in [-0.05, 0) is 23.7 Å².